The molecule has 0 unspecified atom stereocenters. The largest absolute Gasteiger partial charge is 0.351 e. The van der Waals surface area contributed by atoms with Gasteiger partial charge < -0.3 is 16.4 Å². The van der Waals surface area contributed by atoms with E-state index >= 15 is 0 Å². The molecule has 21 heavy (non-hydrogen) atoms. The number of hydrogen-bond donors (Lipinski definition) is 3. The molecule has 0 heterocycles. The van der Waals surface area contributed by atoms with Gasteiger partial charge in [0.05, 0.1) is 6.04 Å². The minimum Gasteiger partial charge on any atom is -0.351 e. The third-order valence-corrected chi connectivity index (χ3v) is 3.15. The zero-order valence-electron chi connectivity index (χ0n) is 13.0. The molecule has 0 aliphatic carbocycles. The summed E-state index contributed by atoms with van der Waals surface area (Å²) in [5.74, 6) is -0.195. The molecule has 2 amide bonds. The highest BCUT2D eigenvalue weighted by Crippen LogP contribution is 2.11. The predicted molar refractivity (Wildman–Crippen MR) is 84.6 cm³/mol. The van der Waals surface area contributed by atoms with Gasteiger partial charge in [0.25, 0.3) is 0 Å². The Morgan fingerprint density at radius 2 is 1.76 bits per heavy atom. The van der Waals surface area contributed by atoms with Crippen LogP contribution in [0, 0.1) is 5.92 Å². The fraction of sp³-hybridized carbons (Fsp3) is 0.500. The smallest absolute Gasteiger partial charge is 0.237 e. The summed E-state index contributed by atoms with van der Waals surface area (Å²) in [6.07, 6.45) is 1.57. The Morgan fingerprint density at radius 3 is 2.29 bits per heavy atom. The standard InChI is InChI=1S/C16H25N3O2/c1-4-5-14(17)16(21)18-10-12-6-8-13(9-7-12)19-15(20)11(2)3/h6-9,11,14H,4-5,10,17H2,1-3H3,(H,18,21)(H,19,20)/t14-/m1/s1. The van der Waals surface area contributed by atoms with Crippen LogP contribution in [0.4, 0.5) is 5.69 Å². The van der Waals surface area contributed by atoms with Gasteiger partial charge in [0.15, 0.2) is 0 Å². The number of rotatable bonds is 7. The lowest BCUT2D eigenvalue weighted by Gasteiger charge is -2.12. The first-order chi connectivity index (χ1) is 9.93. The van der Waals surface area contributed by atoms with Crippen LogP contribution >= 0.6 is 0 Å². The first-order valence-corrected chi connectivity index (χ1v) is 7.37. The van der Waals surface area contributed by atoms with Crippen LogP contribution in [0.15, 0.2) is 24.3 Å². The van der Waals surface area contributed by atoms with Crippen LogP contribution in [0.2, 0.25) is 0 Å². The average molecular weight is 291 g/mol. The van der Waals surface area contributed by atoms with Gasteiger partial charge in [0.1, 0.15) is 0 Å². The summed E-state index contributed by atoms with van der Waals surface area (Å²) in [6, 6.07) is 6.96. The molecule has 0 saturated heterocycles. The van der Waals surface area contributed by atoms with Crippen LogP contribution in [-0.2, 0) is 16.1 Å². The second-order valence-corrected chi connectivity index (χ2v) is 5.45. The number of hydrogen-bond acceptors (Lipinski definition) is 3. The number of nitrogens with one attached hydrogen (secondary N) is 2. The molecular formula is C16H25N3O2. The van der Waals surface area contributed by atoms with Crippen molar-refractivity contribution >= 4 is 17.5 Å². The monoisotopic (exact) mass is 291 g/mol. The first-order valence-electron chi connectivity index (χ1n) is 7.37. The quantitative estimate of drug-likeness (QED) is 0.718. The Bertz CT molecular complexity index is 469. The van der Waals surface area contributed by atoms with Crippen molar-refractivity contribution in [2.24, 2.45) is 11.7 Å². The van der Waals surface area contributed by atoms with E-state index in [1.165, 1.54) is 0 Å². The van der Waals surface area contributed by atoms with Gasteiger partial charge >= 0.3 is 0 Å². The number of benzene rings is 1. The molecule has 0 spiro atoms. The molecule has 1 rings (SSSR count). The molecule has 0 aromatic heterocycles. The van der Waals surface area contributed by atoms with Crippen molar-refractivity contribution in [2.45, 2.75) is 46.2 Å². The lowest BCUT2D eigenvalue weighted by atomic mass is 10.1. The molecule has 0 bridgehead atoms. The lowest BCUT2D eigenvalue weighted by Crippen LogP contribution is -2.40. The van der Waals surface area contributed by atoms with Gasteiger partial charge in [-0.1, -0.05) is 39.3 Å². The maximum absolute atomic E-state index is 11.7. The Hall–Kier alpha value is -1.88. The molecule has 1 atom stereocenters. The molecule has 0 saturated carbocycles. The average Bonchev–Trinajstić information content (AvgIpc) is 2.46. The van der Waals surface area contributed by atoms with Gasteiger partial charge in [0, 0.05) is 18.2 Å². The van der Waals surface area contributed by atoms with E-state index in [0.717, 1.165) is 17.7 Å². The number of amides is 2. The highest BCUT2D eigenvalue weighted by molar-refractivity contribution is 5.92. The van der Waals surface area contributed by atoms with Crippen LogP contribution in [0.25, 0.3) is 0 Å². The van der Waals surface area contributed by atoms with Gasteiger partial charge in [-0.15, -0.1) is 0 Å². The summed E-state index contributed by atoms with van der Waals surface area (Å²) in [5, 5.41) is 5.63. The number of nitrogens with two attached hydrogens (primary N) is 1. The number of carbonyl (C=O) groups is 2. The van der Waals surface area contributed by atoms with Gasteiger partial charge in [-0.25, -0.2) is 0 Å². The van der Waals surface area contributed by atoms with Crippen molar-refractivity contribution in [1.82, 2.24) is 5.32 Å². The topological polar surface area (TPSA) is 84.2 Å². The fourth-order valence-corrected chi connectivity index (χ4v) is 1.75. The molecule has 5 heteroatoms. The Kier molecular flexibility index (Phi) is 6.88. The molecule has 4 N–H and O–H groups in total. The van der Waals surface area contributed by atoms with E-state index < -0.39 is 6.04 Å². The van der Waals surface area contributed by atoms with Crippen LogP contribution in [-0.4, -0.2) is 17.9 Å². The summed E-state index contributed by atoms with van der Waals surface area (Å²) in [6.45, 7) is 6.13. The molecule has 0 aliphatic rings. The molecule has 5 nitrogen and oxygen atoms in total. The second kappa shape index (κ2) is 8.42. The zero-order chi connectivity index (χ0) is 15.8. The Balaban J connectivity index is 2.48. The first kappa shape index (κ1) is 17.2. The second-order valence-electron chi connectivity index (χ2n) is 5.45. The summed E-state index contributed by atoms with van der Waals surface area (Å²) >= 11 is 0. The Morgan fingerprint density at radius 1 is 1.14 bits per heavy atom. The number of carbonyl (C=O) groups excluding carboxylic acids is 2. The van der Waals surface area contributed by atoms with Crippen LogP contribution in [0.5, 0.6) is 0 Å². The van der Waals surface area contributed by atoms with Crippen molar-refractivity contribution in [3.05, 3.63) is 29.8 Å². The van der Waals surface area contributed by atoms with Gasteiger partial charge in [-0.2, -0.15) is 0 Å². The van der Waals surface area contributed by atoms with Crippen LogP contribution in [0.3, 0.4) is 0 Å². The van der Waals surface area contributed by atoms with E-state index in [4.69, 9.17) is 5.73 Å². The van der Waals surface area contributed by atoms with E-state index in [1.807, 2.05) is 45.0 Å². The van der Waals surface area contributed by atoms with Crippen molar-refractivity contribution in [3.63, 3.8) is 0 Å². The molecular weight excluding hydrogens is 266 g/mol. The summed E-state index contributed by atoms with van der Waals surface area (Å²) in [4.78, 5) is 23.3. The summed E-state index contributed by atoms with van der Waals surface area (Å²) in [5.41, 5.74) is 7.46. The lowest BCUT2D eigenvalue weighted by molar-refractivity contribution is -0.122. The molecule has 1 aromatic rings. The highest BCUT2D eigenvalue weighted by Gasteiger charge is 2.11. The maximum atomic E-state index is 11.7. The fourth-order valence-electron chi connectivity index (χ4n) is 1.75. The minimum absolute atomic E-state index is 0.0124. The van der Waals surface area contributed by atoms with Crippen molar-refractivity contribution in [1.29, 1.82) is 0 Å². The SMILES string of the molecule is CCC[C@@H](N)C(=O)NCc1ccc(NC(=O)C(C)C)cc1. The summed E-state index contributed by atoms with van der Waals surface area (Å²) < 4.78 is 0. The van der Waals surface area contributed by atoms with E-state index in [-0.39, 0.29) is 17.7 Å². The zero-order valence-corrected chi connectivity index (χ0v) is 13.0. The molecule has 116 valence electrons. The van der Waals surface area contributed by atoms with E-state index in [1.54, 1.807) is 0 Å². The van der Waals surface area contributed by atoms with Crippen LogP contribution in [0.1, 0.15) is 39.2 Å². The number of anilines is 1. The molecule has 0 aliphatic heterocycles. The van der Waals surface area contributed by atoms with Crippen molar-refractivity contribution in [3.8, 4) is 0 Å². The van der Waals surface area contributed by atoms with Crippen molar-refractivity contribution < 1.29 is 9.59 Å². The Labute approximate surface area is 126 Å². The highest BCUT2D eigenvalue weighted by atomic mass is 16.2. The van der Waals surface area contributed by atoms with E-state index in [9.17, 15) is 9.59 Å². The van der Waals surface area contributed by atoms with Crippen molar-refractivity contribution in [2.75, 3.05) is 5.32 Å². The minimum atomic E-state index is -0.445. The molecule has 0 radical (unpaired) electrons. The normalized spacial score (nSPS) is 12.0. The van der Waals surface area contributed by atoms with Gasteiger partial charge in [-0.3, -0.25) is 9.59 Å². The molecule has 1 aromatic carbocycles. The molecule has 0 fully saturated rings. The van der Waals surface area contributed by atoms with E-state index in [0.29, 0.717) is 13.0 Å². The third-order valence-electron chi connectivity index (χ3n) is 3.15. The van der Waals surface area contributed by atoms with Crippen LogP contribution < -0.4 is 16.4 Å². The van der Waals surface area contributed by atoms with E-state index in [2.05, 4.69) is 10.6 Å². The summed E-state index contributed by atoms with van der Waals surface area (Å²) in [7, 11) is 0. The van der Waals surface area contributed by atoms with Gasteiger partial charge in [-0.05, 0) is 24.1 Å². The predicted octanol–water partition coefficient (Wildman–Crippen LogP) is 2.02. The van der Waals surface area contributed by atoms with Gasteiger partial charge in [0.2, 0.25) is 11.8 Å². The maximum Gasteiger partial charge on any atom is 0.237 e. The third kappa shape index (κ3) is 5.95.